The number of benzene rings is 1. The van der Waals surface area contributed by atoms with Crippen LogP contribution in [0.2, 0.25) is 0 Å². The quantitative estimate of drug-likeness (QED) is 0.915. The minimum atomic E-state index is -0.0848. The summed E-state index contributed by atoms with van der Waals surface area (Å²) in [5, 5.41) is 6.86. The fraction of sp³-hybridized carbons (Fsp3) is 0.231. The standard InChI is InChI=1S/C13H14BrN3O2/c1-19-12-4-2-3-10(5-12)6-15-13(18)9-17-8-11(14)7-16-17/h2-5,7-8H,6,9H2,1H3,(H,15,18). The fourth-order valence-electron chi connectivity index (χ4n) is 1.61. The molecule has 0 fully saturated rings. The Morgan fingerprint density at radius 1 is 1.53 bits per heavy atom. The van der Waals surface area contributed by atoms with E-state index >= 15 is 0 Å². The smallest absolute Gasteiger partial charge is 0.241 e. The van der Waals surface area contributed by atoms with Crippen LogP contribution in [0.15, 0.2) is 41.1 Å². The number of rotatable bonds is 5. The number of nitrogens with one attached hydrogen (secondary N) is 1. The number of aromatic nitrogens is 2. The summed E-state index contributed by atoms with van der Waals surface area (Å²) in [6.07, 6.45) is 3.40. The monoisotopic (exact) mass is 323 g/mol. The van der Waals surface area contributed by atoms with Gasteiger partial charge in [0, 0.05) is 12.7 Å². The molecule has 1 aromatic heterocycles. The second-order valence-corrected chi connectivity index (χ2v) is 4.90. The minimum Gasteiger partial charge on any atom is -0.497 e. The number of amides is 1. The Bertz CT molecular complexity index is 569. The van der Waals surface area contributed by atoms with Gasteiger partial charge < -0.3 is 10.1 Å². The van der Waals surface area contributed by atoms with E-state index in [0.717, 1.165) is 15.8 Å². The Kier molecular flexibility index (Phi) is 4.57. The Morgan fingerprint density at radius 2 is 2.37 bits per heavy atom. The van der Waals surface area contributed by atoms with Crippen molar-refractivity contribution in [3.63, 3.8) is 0 Å². The van der Waals surface area contributed by atoms with Gasteiger partial charge in [0.2, 0.25) is 5.91 Å². The van der Waals surface area contributed by atoms with Crippen LogP contribution < -0.4 is 10.1 Å². The van der Waals surface area contributed by atoms with Gasteiger partial charge in [-0.1, -0.05) is 12.1 Å². The maximum absolute atomic E-state index is 11.7. The highest BCUT2D eigenvalue weighted by Gasteiger charge is 2.04. The Morgan fingerprint density at radius 3 is 3.05 bits per heavy atom. The average molecular weight is 324 g/mol. The van der Waals surface area contributed by atoms with Gasteiger partial charge in [-0.25, -0.2) is 0 Å². The number of halogens is 1. The summed E-state index contributed by atoms with van der Waals surface area (Å²) in [5.74, 6) is 0.696. The van der Waals surface area contributed by atoms with E-state index in [1.807, 2.05) is 24.3 Å². The molecule has 1 N–H and O–H groups in total. The van der Waals surface area contributed by atoms with Crippen LogP contribution >= 0.6 is 15.9 Å². The summed E-state index contributed by atoms with van der Waals surface area (Å²) in [6, 6.07) is 7.59. The number of nitrogens with zero attached hydrogens (tertiary/aromatic N) is 2. The van der Waals surface area contributed by atoms with E-state index in [1.165, 1.54) is 0 Å². The zero-order chi connectivity index (χ0) is 13.7. The van der Waals surface area contributed by atoms with E-state index in [0.29, 0.717) is 6.54 Å². The first kappa shape index (κ1) is 13.6. The Balaban J connectivity index is 1.86. The second-order valence-electron chi connectivity index (χ2n) is 3.98. The van der Waals surface area contributed by atoms with Gasteiger partial charge in [0.15, 0.2) is 0 Å². The zero-order valence-electron chi connectivity index (χ0n) is 10.5. The van der Waals surface area contributed by atoms with Gasteiger partial charge >= 0.3 is 0 Å². The molecular formula is C13H14BrN3O2. The summed E-state index contributed by atoms with van der Waals surface area (Å²) in [6.45, 7) is 0.675. The predicted octanol–water partition coefficient (Wildman–Crippen LogP) is 1.97. The van der Waals surface area contributed by atoms with E-state index in [1.54, 1.807) is 24.2 Å². The van der Waals surface area contributed by atoms with Crippen LogP contribution in [-0.4, -0.2) is 22.8 Å². The molecule has 0 spiro atoms. The molecule has 2 aromatic rings. The van der Waals surface area contributed by atoms with Gasteiger partial charge in [-0.3, -0.25) is 9.48 Å². The predicted molar refractivity (Wildman–Crippen MR) is 74.8 cm³/mol. The molecule has 19 heavy (non-hydrogen) atoms. The van der Waals surface area contributed by atoms with E-state index < -0.39 is 0 Å². The molecule has 0 saturated carbocycles. The minimum absolute atomic E-state index is 0.0848. The molecule has 0 atom stereocenters. The van der Waals surface area contributed by atoms with Crippen LogP contribution in [-0.2, 0) is 17.9 Å². The third-order valence-corrected chi connectivity index (χ3v) is 2.94. The normalized spacial score (nSPS) is 10.2. The molecule has 5 nitrogen and oxygen atoms in total. The lowest BCUT2D eigenvalue weighted by Gasteiger charge is -2.07. The van der Waals surface area contributed by atoms with Crippen molar-refractivity contribution in [3.05, 3.63) is 46.7 Å². The number of methoxy groups -OCH3 is 1. The maximum atomic E-state index is 11.7. The molecule has 0 aliphatic heterocycles. The third kappa shape index (κ3) is 4.10. The SMILES string of the molecule is COc1cccc(CNC(=O)Cn2cc(Br)cn2)c1. The van der Waals surface area contributed by atoms with Crippen molar-refractivity contribution >= 4 is 21.8 Å². The molecule has 0 radical (unpaired) electrons. The summed E-state index contributed by atoms with van der Waals surface area (Å²) >= 11 is 3.28. The van der Waals surface area contributed by atoms with E-state index in [2.05, 4.69) is 26.3 Å². The fourth-order valence-corrected chi connectivity index (χ4v) is 1.94. The number of carbonyl (C=O) groups is 1. The van der Waals surface area contributed by atoms with Crippen LogP contribution in [0, 0.1) is 0 Å². The lowest BCUT2D eigenvalue weighted by Crippen LogP contribution is -2.27. The van der Waals surface area contributed by atoms with Crippen molar-refractivity contribution < 1.29 is 9.53 Å². The molecule has 1 aromatic carbocycles. The number of carbonyl (C=O) groups excluding carboxylic acids is 1. The largest absolute Gasteiger partial charge is 0.497 e. The van der Waals surface area contributed by atoms with Crippen molar-refractivity contribution in [2.24, 2.45) is 0 Å². The van der Waals surface area contributed by atoms with E-state index in [4.69, 9.17) is 4.74 Å². The van der Waals surface area contributed by atoms with Crippen molar-refractivity contribution in [1.29, 1.82) is 0 Å². The van der Waals surface area contributed by atoms with Crippen molar-refractivity contribution in [2.45, 2.75) is 13.1 Å². The number of ether oxygens (including phenoxy) is 1. The highest BCUT2D eigenvalue weighted by atomic mass is 79.9. The molecule has 0 aliphatic carbocycles. The first-order valence-corrected chi connectivity index (χ1v) is 6.54. The van der Waals surface area contributed by atoms with Crippen LogP contribution in [0.5, 0.6) is 5.75 Å². The third-order valence-electron chi connectivity index (χ3n) is 2.53. The lowest BCUT2D eigenvalue weighted by atomic mass is 10.2. The Labute approximate surface area is 119 Å². The average Bonchev–Trinajstić information content (AvgIpc) is 2.82. The number of hydrogen-bond donors (Lipinski definition) is 1. The van der Waals surface area contributed by atoms with Gasteiger partial charge in [0.1, 0.15) is 12.3 Å². The molecule has 0 unspecified atom stereocenters. The highest BCUT2D eigenvalue weighted by molar-refractivity contribution is 9.10. The summed E-state index contributed by atoms with van der Waals surface area (Å²) in [5.41, 5.74) is 0.995. The van der Waals surface area contributed by atoms with Crippen LogP contribution in [0.1, 0.15) is 5.56 Å². The summed E-state index contributed by atoms with van der Waals surface area (Å²) in [4.78, 5) is 11.7. The Hall–Kier alpha value is -1.82. The molecule has 2 rings (SSSR count). The topological polar surface area (TPSA) is 56.1 Å². The van der Waals surface area contributed by atoms with Gasteiger partial charge in [0.05, 0.1) is 17.8 Å². The molecular weight excluding hydrogens is 310 g/mol. The first-order valence-electron chi connectivity index (χ1n) is 5.75. The summed E-state index contributed by atoms with van der Waals surface area (Å²) < 4.78 is 7.56. The molecule has 1 heterocycles. The zero-order valence-corrected chi connectivity index (χ0v) is 12.1. The number of hydrogen-bond acceptors (Lipinski definition) is 3. The lowest BCUT2D eigenvalue weighted by molar-refractivity contribution is -0.122. The van der Waals surface area contributed by atoms with Gasteiger partial charge in [-0.05, 0) is 33.6 Å². The van der Waals surface area contributed by atoms with Crippen LogP contribution in [0.3, 0.4) is 0 Å². The van der Waals surface area contributed by atoms with E-state index in [-0.39, 0.29) is 12.5 Å². The summed E-state index contributed by atoms with van der Waals surface area (Å²) in [7, 11) is 1.62. The molecule has 6 heteroatoms. The molecule has 0 saturated heterocycles. The van der Waals surface area contributed by atoms with Gasteiger partial charge in [0.25, 0.3) is 0 Å². The second kappa shape index (κ2) is 6.38. The van der Waals surface area contributed by atoms with Crippen LogP contribution in [0.4, 0.5) is 0 Å². The molecule has 0 bridgehead atoms. The van der Waals surface area contributed by atoms with Crippen LogP contribution in [0.25, 0.3) is 0 Å². The highest BCUT2D eigenvalue weighted by Crippen LogP contribution is 2.12. The molecule has 100 valence electrons. The maximum Gasteiger partial charge on any atom is 0.241 e. The van der Waals surface area contributed by atoms with Gasteiger partial charge in [-0.15, -0.1) is 0 Å². The van der Waals surface area contributed by atoms with Crippen molar-refractivity contribution in [2.75, 3.05) is 7.11 Å². The van der Waals surface area contributed by atoms with Gasteiger partial charge in [-0.2, -0.15) is 5.10 Å². The molecule has 1 amide bonds. The molecule has 0 aliphatic rings. The van der Waals surface area contributed by atoms with Crippen molar-refractivity contribution in [1.82, 2.24) is 15.1 Å². The first-order chi connectivity index (χ1) is 9.17. The van der Waals surface area contributed by atoms with Crippen molar-refractivity contribution in [3.8, 4) is 5.75 Å². The van der Waals surface area contributed by atoms with E-state index in [9.17, 15) is 4.79 Å².